The zero-order valence-electron chi connectivity index (χ0n) is 18.5. The number of thioether (sulfide) groups is 1. The van der Waals surface area contributed by atoms with Crippen LogP contribution >= 0.6 is 23.1 Å². The van der Waals surface area contributed by atoms with Gasteiger partial charge in [0.1, 0.15) is 10.8 Å². The second kappa shape index (κ2) is 10.8. The Hall–Kier alpha value is -2.85. The number of benzene rings is 1. The Kier molecular flexibility index (Phi) is 7.66. The molecule has 1 N–H and O–H groups in total. The molecule has 10 heteroatoms. The molecular formula is C23H25N3O5S2. The van der Waals surface area contributed by atoms with Crippen LogP contribution in [0.1, 0.15) is 47.0 Å². The first-order valence-corrected chi connectivity index (χ1v) is 12.6. The normalized spacial score (nSPS) is 13.2. The fourth-order valence-electron chi connectivity index (χ4n) is 3.74. The maximum Gasteiger partial charge on any atom is 0.341 e. The zero-order chi connectivity index (χ0) is 23.2. The van der Waals surface area contributed by atoms with Crippen LogP contribution in [0.3, 0.4) is 0 Å². The highest BCUT2D eigenvalue weighted by molar-refractivity contribution is 7.99. The molecule has 0 aliphatic heterocycles. The van der Waals surface area contributed by atoms with E-state index >= 15 is 0 Å². The third kappa shape index (κ3) is 5.39. The summed E-state index contributed by atoms with van der Waals surface area (Å²) in [6, 6.07) is 7.34. The van der Waals surface area contributed by atoms with E-state index in [-0.39, 0.29) is 22.9 Å². The van der Waals surface area contributed by atoms with Crippen LogP contribution in [-0.2, 0) is 22.4 Å². The molecule has 174 valence electrons. The lowest BCUT2D eigenvalue weighted by molar-refractivity contribution is -0.113. The highest BCUT2D eigenvalue weighted by Crippen LogP contribution is 2.38. The van der Waals surface area contributed by atoms with Crippen molar-refractivity contribution in [3.8, 4) is 17.2 Å². The zero-order valence-corrected chi connectivity index (χ0v) is 20.1. The van der Waals surface area contributed by atoms with Gasteiger partial charge >= 0.3 is 5.97 Å². The smallest absolute Gasteiger partial charge is 0.341 e. The lowest BCUT2D eigenvalue weighted by Gasteiger charge is -2.08. The molecule has 33 heavy (non-hydrogen) atoms. The molecule has 0 atom stereocenters. The minimum absolute atomic E-state index is 0.0678. The van der Waals surface area contributed by atoms with Crippen molar-refractivity contribution in [2.75, 3.05) is 24.8 Å². The Labute approximate surface area is 200 Å². The number of ether oxygens (including phenoxy) is 2. The van der Waals surface area contributed by atoms with E-state index in [1.165, 1.54) is 11.3 Å². The van der Waals surface area contributed by atoms with Gasteiger partial charge in [-0.15, -0.1) is 21.5 Å². The summed E-state index contributed by atoms with van der Waals surface area (Å²) >= 11 is 2.61. The first-order valence-electron chi connectivity index (χ1n) is 10.8. The first-order chi connectivity index (χ1) is 16.1. The number of amides is 1. The van der Waals surface area contributed by atoms with Crippen LogP contribution in [0.4, 0.5) is 5.00 Å². The summed E-state index contributed by atoms with van der Waals surface area (Å²) in [6.45, 7) is 2.07. The van der Waals surface area contributed by atoms with Gasteiger partial charge in [0.2, 0.25) is 5.91 Å². The molecule has 0 radical (unpaired) electrons. The molecule has 0 unspecified atom stereocenters. The molecule has 1 amide bonds. The summed E-state index contributed by atoms with van der Waals surface area (Å²) in [5.41, 5.74) is 2.22. The first kappa shape index (κ1) is 23.3. The highest BCUT2D eigenvalue weighted by Gasteiger charge is 2.26. The summed E-state index contributed by atoms with van der Waals surface area (Å²) in [4.78, 5) is 26.5. The van der Waals surface area contributed by atoms with E-state index in [2.05, 4.69) is 15.5 Å². The number of nitrogens with one attached hydrogen (secondary N) is 1. The van der Waals surface area contributed by atoms with Crippen LogP contribution in [0.15, 0.2) is 33.9 Å². The van der Waals surface area contributed by atoms with E-state index in [9.17, 15) is 9.59 Å². The van der Waals surface area contributed by atoms with Gasteiger partial charge in [-0.1, -0.05) is 30.3 Å². The van der Waals surface area contributed by atoms with Crippen LogP contribution in [0.2, 0.25) is 0 Å². The molecule has 1 aliphatic carbocycles. The van der Waals surface area contributed by atoms with Crippen LogP contribution in [0, 0.1) is 0 Å². The van der Waals surface area contributed by atoms with Crippen LogP contribution in [-0.4, -0.2) is 41.5 Å². The van der Waals surface area contributed by atoms with E-state index in [0.717, 1.165) is 54.3 Å². The molecule has 8 nitrogen and oxygen atoms in total. The second-order valence-corrected chi connectivity index (χ2v) is 9.43. The number of carbonyl (C=O) groups is 2. The number of hydrogen-bond acceptors (Lipinski definition) is 9. The minimum atomic E-state index is -0.377. The summed E-state index contributed by atoms with van der Waals surface area (Å²) in [5, 5.41) is 11.8. The summed E-state index contributed by atoms with van der Waals surface area (Å²) in [7, 11) is 1.57. The largest absolute Gasteiger partial charge is 0.496 e. The topological polar surface area (TPSA) is 104 Å². The maximum atomic E-state index is 12.7. The van der Waals surface area contributed by atoms with Crippen molar-refractivity contribution < 1.29 is 23.5 Å². The van der Waals surface area contributed by atoms with Gasteiger partial charge in [-0.25, -0.2) is 4.79 Å². The molecule has 1 aromatic carbocycles. The van der Waals surface area contributed by atoms with Crippen molar-refractivity contribution in [2.45, 2.75) is 44.3 Å². The average molecular weight is 488 g/mol. The van der Waals surface area contributed by atoms with Gasteiger partial charge in [-0.3, -0.25) is 4.79 Å². The summed E-state index contributed by atoms with van der Waals surface area (Å²) < 4.78 is 16.3. The van der Waals surface area contributed by atoms with Gasteiger partial charge < -0.3 is 19.2 Å². The number of methoxy groups -OCH3 is 1. The quantitative estimate of drug-likeness (QED) is 0.269. The SMILES string of the molecule is CCOC(=O)c1c(NC(=O)CSc2nnc(-c3ccccc3OC)o2)sc2c1CCCCC2. The van der Waals surface area contributed by atoms with Gasteiger partial charge in [-0.2, -0.15) is 0 Å². The predicted octanol–water partition coefficient (Wildman–Crippen LogP) is 4.98. The van der Waals surface area contributed by atoms with Crippen LogP contribution in [0.25, 0.3) is 11.5 Å². The number of anilines is 1. The number of para-hydroxylation sites is 1. The summed E-state index contributed by atoms with van der Waals surface area (Å²) in [6.07, 6.45) is 5.02. The third-order valence-electron chi connectivity index (χ3n) is 5.22. The fourth-order valence-corrected chi connectivity index (χ4v) is 5.59. The van der Waals surface area contributed by atoms with Gasteiger partial charge in [-0.05, 0) is 50.3 Å². The Morgan fingerprint density at radius 2 is 2.00 bits per heavy atom. The molecule has 2 aromatic heterocycles. The lowest BCUT2D eigenvalue weighted by Crippen LogP contribution is -2.16. The number of carbonyl (C=O) groups excluding carboxylic acids is 2. The fraction of sp³-hybridized carbons (Fsp3) is 0.391. The van der Waals surface area contributed by atoms with E-state index in [1.807, 2.05) is 24.3 Å². The Morgan fingerprint density at radius 3 is 2.82 bits per heavy atom. The number of thiophene rings is 1. The number of aryl methyl sites for hydroxylation is 1. The maximum absolute atomic E-state index is 12.7. The van der Waals surface area contributed by atoms with Gasteiger partial charge in [0.15, 0.2) is 0 Å². The van der Waals surface area contributed by atoms with Crippen molar-refractivity contribution in [1.29, 1.82) is 0 Å². The molecule has 0 bridgehead atoms. The minimum Gasteiger partial charge on any atom is -0.496 e. The van der Waals surface area contributed by atoms with E-state index in [0.29, 0.717) is 34.4 Å². The number of aromatic nitrogens is 2. The van der Waals surface area contributed by atoms with Gasteiger partial charge in [0, 0.05) is 4.88 Å². The Bertz CT molecular complexity index is 1140. The standard InChI is InChI=1S/C23H25N3O5S2/c1-3-30-22(28)19-15-10-5-4-6-12-17(15)33-21(19)24-18(27)13-32-23-26-25-20(31-23)14-9-7-8-11-16(14)29-2/h7-9,11H,3-6,10,12-13H2,1-2H3,(H,24,27). The van der Waals surface area contributed by atoms with Gasteiger partial charge in [0.05, 0.1) is 30.6 Å². The number of esters is 1. The average Bonchev–Trinajstić information content (AvgIpc) is 3.35. The van der Waals surface area contributed by atoms with Crippen LogP contribution < -0.4 is 10.1 Å². The molecule has 1 aliphatic rings. The molecule has 2 heterocycles. The number of rotatable bonds is 8. The van der Waals surface area contributed by atoms with Crippen molar-refractivity contribution >= 4 is 40.0 Å². The van der Waals surface area contributed by atoms with Gasteiger partial charge in [0.25, 0.3) is 11.1 Å². The molecule has 4 rings (SSSR count). The monoisotopic (exact) mass is 487 g/mol. The molecular weight excluding hydrogens is 462 g/mol. The molecule has 0 saturated carbocycles. The van der Waals surface area contributed by atoms with Crippen molar-refractivity contribution in [2.24, 2.45) is 0 Å². The number of nitrogens with zero attached hydrogens (tertiary/aromatic N) is 2. The number of hydrogen-bond donors (Lipinski definition) is 1. The van der Waals surface area contributed by atoms with Crippen molar-refractivity contribution in [3.05, 3.63) is 40.3 Å². The Balaban J connectivity index is 1.44. The van der Waals surface area contributed by atoms with E-state index in [1.54, 1.807) is 14.0 Å². The second-order valence-electron chi connectivity index (χ2n) is 7.40. The number of fused-ring (bicyclic) bond motifs is 1. The van der Waals surface area contributed by atoms with Crippen molar-refractivity contribution in [3.63, 3.8) is 0 Å². The van der Waals surface area contributed by atoms with E-state index in [4.69, 9.17) is 13.9 Å². The lowest BCUT2D eigenvalue weighted by atomic mass is 10.1. The van der Waals surface area contributed by atoms with E-state index < -0.39 is 0 Å². The molecule has 0 saturated heterocycles. The Morgan fingerprint density at radius 1 is 1.18 bits per heavy atom. The predicted molar refractivity (Wildman–Crippen MR) is 127 cm³/mol. The molecule has 0 fully saturated rings. The molecule has 0 spiro atoms. The third-order valence-corrected chi connectivity index (χ3v) is 7.25. The highest BCUT2D eigenvalue weighted by atomic mass is 32.2. The van der Waals surface area contributed by atoms with Crippen LogP contribution in [0.5, 0.6) is 5.75 Å². The summed E-state index contributed by atoms with van der Waals surface area (Å²) in [5.74, 6) is 0.386. The van der Waals surface area contributed by atoms with Crippen molar-refractivity contribution in [1.82, 2.24) is 10.2 Å². The molecule has 3 aromatic rings.